The number of carbonyl (C=O) groups is 2. The Morgan fingerprint density at radius 1 is 1.22 bits per heavy atom. The van der Waals surface area contributed by atoms with Crippen molar-refractivity contribution in [2.45, 2.75) is 23.6 Å². The average molecular weight is 469 g/mol. The molecule has 0 radical (unpaired) electrons. The molecule has 0 N–H and O–H groups in total. The van der Waals surface area contributed by atoms with Crippen molar-refractivity contribution in [3.8, 4) is 0 Å². The highest BCUT2D eigenvalue weighted by Gasteiger charge is 2.33. The van der Waals surface area contributed by atoms with E-state index in [1.807, 2.05) is 0 Å². The van der Waals surface area contributed by atoms with E-state index in [4.69, 9.17) is 9.47 Å². The Labute approximate surface area is 182 Å². The number of anilines is 1. The van der Waals surface area contributed by atoms with Crippen molar-refractivity contribution >= 4 is 27.6 Å². The van der Waals surface area contributed by atoms with Gasteiger partial charge in [-0.3, -0.25) is 4.31 Å². The van der Waals surface area contributed by atoms with E-state index in [0.29, 0.717) is 6.07 Å². The number of cyclic esters (lactones) is 1. The monoisotopic (exact) mass is 469 g/mol. The third-order valence-electron chi connectivity index (χ3n) is 4.55. The number of rotatable bonds is 7. The molecule has 170 valence electrons. The standard InChI is InChI=1S/C21H18F3NO6S/c1-2-10-25(16-7-4-6-15(13-16)21(22,23)24)32(28,29)17-8-3-5-14(12-17)19(26)31-18-9-11-30-20(18)27/h2-8,12-13,18H,1,9-11H2/t18-/m1/s1. The Hall–Kier alpha value is -3.34. The third-order valence-corrected chi connectivity index (χ3v) is 6.34. The molecule has 0 spiro atoms. The van der Waals surface area contributed by atoms with E-state index in [-0.39, 0.29) is 35.7 Å². The van der Waals surface area contributed by atoms with Crippen LogP contribution in [0.3, 0.4) is 0 Å². The van der Waals surface area contributed by atoms with E-state index in [1.54, 1.807) is 0 Å². The number of sulfonamides is 1. The molecule has 0 aliphatic carbocycles. The first kappa shape index (κ1) is 23.3. The van der Waals surface area contributed by atoms with Crippen LogP contribution in [0.15, 0.2) is 66.1 Å². The van der Waals surface area contributed by atoms with Crippen molar-refractivity contribution in [1.82, 2.24) is 0 Å². The number of hydrogen-bond acceptors (Lipinski definition) is 6. The molecule has 1 saturated heterocycles. The minimum atomic E-state index is -4.66. The molecule has 32 heavy (non-hydrogen) atoms. The lowest BCUT2D eigenvalue weighted by Crippen LogP contribution is -2.31. The van der Waals surface area contributed by atoms with Gasteiger partial charge in [0.2, 0.25) is 6.10 Å². The molecule has 2 aromatic rings. The van der Waals surface area contributed by atoms with Crippen LogP contribution in [0.5, 0.6) is 0 Å². The highest BCUT2D eigenvalue weighted by atomic mass is 32.2. The minimum absolute atomic E-state index is 0.110. The number of halogens is 3. The van der Waals surface area contributed by atoms with Gasteiger partial charge in [0.25, 0.3) is 10.0 Å². The van der Waals surface area contributed by atoms with E-state index < -0.39 is 39.8 Å². The second-order valence-electron chi connectivity index (χ2n) is 6.75. The summed E-state index contributed by atoms with van der Waals surface area (Å²) >= 11 is 0. The second kappa shape index (κ2) is 9.03. The van der Waals surface area contributed by atoms with E-state index in [2.05, 4.69) is 6.58 Å². The van der Waals surface area contributed by atoms with E-state index >= 15 is 0 Å². The molecular formula is C21H18F3NO6S. The quantitative estimate of drug-likeness (QED) is 0.455. The average Bonchev–Trinajstić information content (AvgIpc) is 3.15. The Bertz CT molecular complexity index is 1150. The highest BCUT2D eigenvalue weighted by molar-refractivity contribution is 7.92. The summed E-state index contributed by atoms with van der Waals surface area (Å²) in [4.78, 5) is 23.5. The normalized spacial score (nSPS) is 16.3. The summed E-state index contributed by atoms with van der Waals surface area (Å²) in [7, 11) is -4.38. The number of carbonyl (C=O) groups excluding carboxylic acids is 2. The van der Waals surface area contributed by atoms with Crippen molar-refractivity contribution in [2.75, 3.05) is 17.5 Å². The van der Waals surface area contributed by atoms with Crippen molar-refractivity contribution in [1.29, 1.82) is 0 Å². The molecule has 0 amide bonds. The zero-order valence-electron chi connectivity index (χ0n) is 16.5. The van der Waals surface area contributed by atoms with Crippen molar-refractivity contribution in [3.05, 3.63) is 72.3 Å². The number of alkyl halides is 3. The Morgan fingerprint density at radius 2 is 1.94 bits per heavy atom. The van der Waals surface area contributed by atoms with Crippen LogP contribution in [-0.2, 0) is 30.5 Å². The van der Waals surface area contributed by atoms with Gasteiger partial charge in [0.15, 0.2) is 0 Å². The van der Waals surface area contributed by atoms with Gasteiger partial charge in [-0.2, -0.15) is 13.2 Å². The zero-order valence-corrected chi connectivity index (χ0v) is 17.4. The van der Waals surface area contributed by atoms with E-state index in [1.165, 1.54) is 30.3 Å². The molecule has 0 bridgehead atoms. The van der Waals surface area contributed by atoms with E-state index in [9.17, 15) is 31.2 Å². The van der Waals surface area contributed by atoms with Crippen molar-refractivity contribution in [3.63, 3.8) is 0 Å². The molecule has 1 atom stereocenters. The Morgan fingerprint density at radius 3 is 2.56 bits per heavy atom. The van der Waals surface area contributed by atoms with Crippen LogP contribution in [0.2, 0.25) is 0 Å². The highest BCUT2D eigenvalue weighted by Crippen LogP contribution is 2.33. The number of benzene rings is 2. The van der Waals surface area contributed by atoms with Crippen LogP contribution < -0.4 is 4.31 Å². The number of ether oxygens (including phenoxy) is 2. The summed E-state index contributed by atoms with van der Waals surface area (Å²) in [5, 5.41) is 0. The van der Waals surface area contributed by atoms with Gasteiger partial charge in [0, 0.05) is 6.42 Å². The molecule has 0 aromatic heterocycles. The first-order valence-electron chi connectivity index (χ1n) is 9.32. The molecule has 1 aliphatic heterocycles. The first-order chi connectivity index (χ1) is 15.0. The lowest BCUT2D eigenvalue weighted by Gasteiger charge is -2.24. The Kier molecular flexibility index (Phi) is 6.58. The summed E-state index contributed by atoms with van der Waals surface area (Å²) in [6.07, 6.45) is -4.33. The summed E-state index contributed by atoms with van der Waals surface area (Å²) in [6.45, 7) is 3.26. The first-order valence-corrected chi connectivity index (χ1v) is 10.8. The number of esters is 2. The third kappa shape index (κ3) is 4.93. The predicted molar refractivity (Wildman–Crippen MR) is 107 cm³/mol. The maximum Gasteiger partial charge on any atom is 0.416 e. The van der Waals surface area contributed by atoms with E-state index in [0.717, 1.165) is 22.5 Å². The SMILES string of the molecule is C=CCN(c1cccc(C(F)(F)F)c1)S(=O)(=O)c1cccc(C(=O)O[C@@H]2CCOC2=O)c1. The van der Waals surface area contributed by atoms with Gasteiger partial charge in [-0.25, -0.2) is 18.0 Å². The molecule has 1 heterocycles. The summed E-state index contributed by atoms with van der Waals surface area (Å²) < 4.78 is 76.3. The lowest BCUT2D eigenvalue weighted by atomic mass is 10.2. The van der Waals surface area contributed by atoms with Gasteiger partial charge in [0.05, 0.1) is 34.9 Å². The van der Waals surface area contributed by atoms with Crippen LogP contribution in [0, 0.1) is 0 Å². The maximum absolute atomic E-state index is 13.2. The second-order valence-corrected chi connectivity index (χ2v) is 8.61. The smallest absolute Gasteiger partial charge is 0.416 e. The molecular weight excluding hydrogens is 451 g/mol. The van der Waals surface area contributed by atoms with Gasteiger partial charge >= 0.3 is 18.1 Å². The minimum Gasteiger partial charge on any atom is -0.463 e. The van der Waals surface area contributed by atoms with Crippen LogP contribution in [0.4, 0.5) is 18.9 Å². The topological polar surface area (TPSA) is 90.0 Å². The van der Waals surface area contributed by atoms with Crippen LogP contribution in [0.25, 0.3) is 0 Å². The van der Waals surface area contributed by atoms with Gasteiger partial charge in [-0.05, 0) is 36.4 Å². The number of hydrogen-bond donors (Lipinski definition) is 0. The molecule has 7 nitrogen and oxygen atoms in total. The Balaban J connectivity index is 1.94. The molecule has 3 rings (SSSR count). The van der Waals surface area contributed by atoms with Crippen LogP contribution in [-0.4, -0.2) is 39.6 Å². The molecule has 1 fully saturated rings. The van der Waals surface area contributed by atoms with Gasteiger partial charge in [-0.1, -0.05) is 18.2 Å². The fourth-order valence-corrected chi connectivity index (χ4v) is 4.46. The largest absolute Gasteiger partial charge is 0.463 e. The lowest BCUT2D eigenvalue weighted by molar-refractivity contribution is -0.145. The number of nitrogens with zero attached hydrogens (tertiary/aromatic N) is 1. The summed E-state index contributed by atoms with van der Waals surface area (Å²) in [6, 6.07) is 8.66. The van der Waals surface area contributed by atoms with Crippen molar-refractivity contribution in [2.24, 2.45) is 0 Å². The van der Waals surface area contributed by atoms with Crippen LogP contribution in [0.1, 0.15) is 22.3 Å². The molecule has 11 heteroatoms. The summed E-state index contributed by atoms with van der Waals surface area (Å²) in [5.41, 5.74) is -1.38. The predicted octanol–water partition coefficient (Wildman–Crippen LogP) is 3.56. The molecule has 0 saturated carbocycles. The molecule has 2 aromatic carbocycles. The fraction of sp³-hybridized carbons (Fsp3) is 0.238. The summed E-state index contributed by atoms with van der Waals surface area (Å²) in [5.74, 6) is -1.62. The van der Waals surface area contributed by atoms with Gasteiger partial charge in [0.1, 0.15) is 0 Å². The molecule has 1 aliphatic rings. The maximum atomic E-state index is 13.2. The van der Waals surface area contributed by atoms with Gasteiger partial charge < -0.3 is 9.47 Å². The van der Waals surface area contributed by atoms with Crippen LogP contribution >= 0.6 is 0 Å². The molecule has 0 unspecified atom stereocenters. The van der Waals surface area contributed by atoms with Crippen molar-refractivity contribution < 1.29 is 40.7 Å². The zero-order chi connectivity index (χ0) is 23.5. The fourth-order valence-electron chi connectivity index (χ4n) is 2.99. The van der Waals surface area contributed by atoms with Gasteiger partial charge in [-0.15, -0.1) is 6.58 Å².